The molecule has 0 radical (unpaired) electrons. The highest BCUT2D eigenvalue weighted by Crippen LogP contribution is 2.28. The van der Waals surface area contributed by atoms with Crippen LogP contribution in [-0.2, 0) is 6.54 Å². The number of rotatable bonds is 8. The minimum atomic E-state index is -0.334. The van der Waals surface area contributed by atoms with E-state index in [1.54, 1.807) is 0 Å². The summed E-state index contributed by atoms with van der Waals surface area (Å²) in [5.74, 6) is 1.55. The molecule has 0 spiro atoms. The molecular weight excluding hydrogens is 250 g/mol. The predicted octanol–water partition coefficient (Wildman–Crippen LogP) is 3.12. The number of nitrogens with one attached hydrogen (secondary N) is 1. The van der Waals surface area contributed by atoms with E-state index in [0.29, 0.717) is 12.5 Å². The van der Waals surface area contributed by atoms with E-state index in [0.717, 1.165) is 25.3 Å². The molecule has 0 aromatic heterocycles. The van der Waals surface area contributed by atoms with Crippen LogP contribution < -0.4 is 10.1 Å². The summed E-state index contributed by atoms with van der Waals surface area (Å²) in [7, 11) is 0. The molecule has 0 amide bonds. The number of benzene rings is 1. The monoisotopic (exact) mass is 277 g/mol. The van der Waals surface area contributed by atoms with Crippen molar-refractivity contribution in [1.29, 1.82) is 0 Å². The fraction of sp³-hybridized carbons (Fsp3) is 0.647. The number of aliphatic hydroxyl groups is 1. The summed E-state index contributed by atoms with van der Waals surface area (Å²) in [4.78, 5) is 0. The maximum absolute atomic E-state index is 10.0. The maximum atomic E-state index is 10.0. The lowest BCUT2D eigenvalue weighted by molar-refractivity contribution is 0.0855. The third-order valence-electron chi connectivity index (χ3n) is 4.03. The highest BCUT2D eigenvalue weighted by Gasteiger charge is 2.19. The second-order valence-electron chi connectivity index (χ2n) is 5.78. The Labute approximate surface area is 122 Å². The molecule has 112 valence electrons. The molecule has 1 unspecified atom stereocenters. The molecule has 1 aliphatic rings. The van der Waals surface area contributed by atoms with Gasteiger partial charge in [0.1, 0.15) is 12.4 Å². The van der Waals surface area contributed by atoms with Crippen molar-refractivity contribution in [2.24, 2.45) is 5.92 Å². The Morgan fingerprint density at radius 2 is 1.95 bits per heavy atom. The maximum Gasteiger partial charge on any atom is 0.119 e. The normalized spacial score (nSPS) is 17.3. The molecule has 3 nitrogen and oxygen atoms in total. The fourth-order valence-electron chi connectivity index (χ4n) is 2.86. The van der Waals surface area contributed by atoms with E-state index in [1.165, 1.54) is 31.2 Å². The molecule has 1 aliphatic carbocycles. The summed E-state index contributed by atoms with van der Waals surface area (Å²) in [6.07, 6.45) is 5.75. The molecule has 1 fully saturated rings. The van der Waals surface area contributed by atoms with E-state index >= 15 is 0 Å². The third kappa shape index (κ3) is 5.14. The quantitative estimate of drug-likeness (QED) is 0.767. The minimum absolute atomic E-state index is 0.334. The molecule has 0 aliphatic heterocycles. The number of ether oxygens (including phenoxy) is 1. The highest BCUT2D eigenvalue weighted by molar-refractivity contribution is 5.27. The number of hydrogen-bond donors (Lipinski definition) is 2. The van der Waals surface area contributed by atoms with Crippen molar-refractivity contribution in [1.82, 2.24) is 5.32 Å². The molecule has 20 heavy (non-hydrogen) atoms. The Balaban J connectivity index is 1.69. The average Bonchev–Trinajstić information content (AvgIpc) is 2.97. The molecule has 3 heteroatoms. The summed E-state index contributed by atoms with van der Waals surface area (Å²) in [5, 5.41) is 13.3. The largest absolute Gasteiger partial charge is 0.491 e. The molecule has 0 saturated heterocycles. The summed E-state index contributed by atoms with van der Waals surface area (Å²) in [5.41, 5.74) is 1.26. The van der Waals surface area contributed by atoms with Gasteiger partial charge in [-0.15, -0.1) is 0 Å². The van der Waals surface area contributed by atoms with Crippen LogP contribution in [0.5, 0.6) is 5.75 Å². The lowest BCUT2D eigenvalue weighted by Crippen LogP contribution is -2.20. The average molecular weight is 277 g/mol. The predicted molar refractivity (Wildman–Crippen MR) is 81.9 cm³/mol. The third-order valence-corrected chi connectivity index (χ3v) is 4.03. The Kier molecular flexibility index (Phi) is 6.34. The Hall–Kier alpha value is -1.06. The second-order valence-corrected chi connectivity index (χ2v) is 5.78. The van der Waals surface area contributed by atoms with Gasteiger partial charge in [-0.25, -0.2) is 0 Å². The van der Waals surface area contributed by atoms with E-state index in [9.17, 15) is 5.11 Å². The summed E-state index contributed by atoms with van der Waals surface area (Å²) < 4.78 is 5.67. The first-order chi connectivity index (χ1) is 9.78. The van der Waals surface area contributed by atoms with Crippen LogP contribution in [0.15, 0.2) is 24.3 Å². The van der Waals surface area contributed by atoms with Crippen molar-refractivity contribution in [3.63, 3.8) is 0 Å². The van der Waals surface area contributed by atoms with Crippen LogP contribution in [-0.4, -0.2) is 24.4 Å². The first-order valence-electron chi connectivity index (χ1n) is 7.88. The van der Waals surface area contributed by atoms with Gasteiger partial charge < -0.3 is 15.2 Å². The standard InChI is InChI=1S/C17H27NO2/c1-2-18-12-15-7-9-17(10-8-15)20-13-16(19)11-14-5-3-4-6-14/h7-10,14,16,18-19H,2-6,11-13H2,1H3. The molecule has 2 rings (SSSR count). The van der Waals surface area contributed by atoms with E-state index in [4.69, 9.17) is 4.74 Å². The van der Waals surface area contributed by atoms with Crippen molar-refractivity contribution in [3.8, 4) is 5.75 Å². The van der Waals surface area contributed by atoms with Gasteiger partial charge in [-0.2, -0.15) is 0 Å². The van der Waals surface area contributed by atoms with Crippen LogP contribution >= 0.6 is 0 Å². The lowest BCUT2D eigenvalue weighted by atomic mass is 10.0. The molecule has 0 heterocycles. The first-order valence-corrected chi connectivity index (χ1v) is 7.88. The van der Waals surface area contributed by atoms with Crippen molar-refractivity contribution in [3.05, 3.63) is 29.8 Å². The van der Waals surface area contributed by atoms with Gasteiger partial charge in [-0.1, -0.05) is 44.7 Å². The van der Waals surface area contributed by atoms with Crippen molar-refractivity contribution in [2.75, 3.05) is 13.2 Å². The van der Waals surface area contributed by atoms with Crippen LogP contribution in [0.3, 0.4) is 0 Å². The van der Waals surface area contributed by atoms with Crippen molar-refractivity contribution < 1.29 is 9.84 Å². The van der Waals surface area contributed by atoms with E-state index in [2.05, 4.69) is 24.4 Å². The van der Waals surface area contributed by atoms with Gasteiger partial charge >= 0.3 is 0 Å². The molecule has 1 aromatic carbocycles. The van der Waals surface area contributed by atoms with E-state index in [1.807, 2.05) is 12.1 Å². The van der Waals surface area contributed by atoms with Gasteiger partial charge in [0.15, 0.2) is 0 Å². The zero-order chi connectivity index (χ0) is 14.2. The number of hydrogen-bond acceptors (Lipinski definition) is 3. The molecule has 1 atom stereocenters. The molecule has 1 aromatic rings. The fourth-order valence-corrected chi connectivity index (χ4v) is 2.86. The molecule has 2 N–H and O–H groups in total. The zero-order valence-electron chi connectivity index (χ0n) is 12.5. The molecular formula is C17H27NO2. The number of aliphatic hydroxyl groups excluding tert-OH is 1. The SMILES string of the molecule is CCNCc1ccc(OCC(O)CC2CCCC2)cc1. The summed E-state index contributed by atoms with van der Waals surface area (Å²) >= 11 is 0. The Bertz CT molecular complexity index is 371. The van der Waals surface area contributed by atoms with Gasteiger partial charge in [0.05, 0.1) is 6.10 Å². The zero-order valence-corrected chi connectivity index (χ0v) is 12.5. The van der Waals surface area contributed by atoms with Crippen LogP contribution in [0.2, 0.25) is 0 Å². The minimum Gasteiger partial charge on any atom is -0.491 e. The lowest BCUT2D eigenvalue weighted by Gasteiger charge is -2.16. The van der Waals surface area contributed by atoms with E-state index in [-0.39, 0.29) is 6.10 Å². The van der Waals surface area contributed by atoms with Gasteiger partial charge in [-0.05, 0) is 36.6 Å². The topological polar surface area (TPSA) is 41.5 Å². The first kappa shape index (κ1) is 15.3. The van der Waals surface area contributed by atoms with Gasteiger partial charge in [0.25, 0.3) is 0 Å². The van der Waals surface area contributed by atoms with Gasteiger partial charge in [0, 0.05) is 6.54 Å². The smallest absolute Gasteiger partial charge is 0.119 e. The molecule has 0 bridgehead atoms. The van der Waals surface area contributed by atoms with Gasteiger partial charge in [-0.3, -0.25) is 0 Å². The molecule has 1 saturated carbocycles. The van der Waals surface area contributed by atoms with Crippen LogP contribution in [0.4, 0.5) is 0 Å². The van der Waals surface area contributed by atoms with Crippen LogP contribution in [0.25, 0.3) is 0 Å². The van der Waals surface area contributed by atoms with Gasteiger partial charge in [0.2, 0.25) is 0 Å². The van der Waals surface area contributed by atoms with Crippen molar-refractivity contribution >= 4 is 0 Å². The Morgan fingerprint density at radius 1 is 1.25 bits per heavy atom. The second kappa shape index (κ2) is 8.28. The summed E-state index contributed by atoms with van der Waals surface area (Å²) in [6.45, 7) is 4.37. The van der Waals surface area contributed by atoms with Crippen LogP contribution in [0, 0.1) is 5.92 Å². The van der Waals surface area contributed by atoms with Crippen LogP contribution in [0.1, 0.15) is 44.6 Å². The highest BCUT2D eigenvalue weighted by atomic mass is 16.5. The van der Waals surface area contributed by atoms with Crippen molar-refractivity contribution in [2.45, 2.75) is 51.7 Å². The van der Waals surface area contributed by atoms with E-state index < -0.39 is 0 Å². The summed E-state index contributed by atoms with van der Waals surface area (Å²) in [6, 6.07) is 8.10. The Morgan fingerprint density at radius 3 is 2.60 bits per heavy atom.